The molecule has 27 heavy (non-hydrogen) atoms. The molecule has 0 unspecified atom stereocenters. The minimum absolute atomic E-state index is 0. The van der Waals surface area contributed by atoms with Gasteiger partial charge in [0.1, 0.15) is 5.54 Å². The molecule has 6 nitrogen and oxygen atoms in total. The number of urea groups is 1. The number of rotatable bonds is 12. The van der Waals surface area contributed by atoms with Crippen LogP contribution in [0.1, 0.15) is 90.4 Å². The van der Waals surface area contributed by atoms with E-state index >= 15 is 0 Å². The van der Waals surface area contributed by atoms with Crippen LogP contribution in [0.5, 0.6) is 0 Å². The standard InChI is InChI=1S/C20H34N2O4.Na/c1-2-3-4-7-10-15-13-14-20(18(25)21-19(26)22-20)16(15)11-8-5-6-9-12-17(23)24;/h15-16H,2-14H2,1H3,(H,23,24)(H2,21,22,25,26);/q;+1/p-1/t15-,16+,20-;/m1./s1. The molecule has 0 aromatic rings. The van der Waals surface area contributed by atoms with Crippen molar-refractivity contribution in [3.63, 3.8) is 0 Å². The van der Waals surface area contributed by atoms with E-state index in [0.29, 0.717) is 12.3 Å². The minimum Gasteiger partial charge on any atom is -0.550 e. The van der Waals surface area contributed by atoms with Crippen molar-refractivity contribution in [2.75, 3.05) is 0 Å². The van der Waals surface area contributed by atoms with E-state index in [1.165, 1.54) is 25.7 Å². The third-order valence-corrected chi connectivity index (χ3v) is 6.15. The Bertz CT molecular complexity index is 514. The van der Waals surface area contributed by atoms with Gasteiger partial charge in [0.25, 0.3) is 5.91 Å². The zero-order chi connectivity index (χ0) is 19.0. The fourth-order valence-electron chi connectivity index (χ4n) is 4.79. The van der Waals surface area contributed by atoms with Crippen LogP contribution in [0.4, 0.5) is 4.79 Å². The van der Waals surface area contributed by atoms with Crippen molar-refractivity contribution in [3.8, 4) is 0 Å². The molecule has 3 amide bonds. The zero-order valence-electron chi connectivity index (χ0n) is 17.0. The molecule has 0 aromatic carbocycles. The zero-order valence-corrected chi connectivity index (χ0v) is 19.0. The maximum Gasteiger partial charge on any atom is 1.00 e. The van der Waals surface area contributed by atoms with Crippen LogP contribution in [0.15, 0.2) is 0 Å². The van der Waals surface area contributed by atoms with Gasteiger partial charge in [-0.15, -0.1) is 0 Å². The van der Waals surface area contributed by atoms with Crippen LogP contribution in [-0.2, 0) is 9.59 Å². The number of imide groups is 1. The van der Waals surface area contributed by atoms with Crippen molar-refractivity contribution in [1.29, 1.82) is 0 Å². The number of nitrogens with one attached hydrogen (secondary N) is 2. The summed E-state index contributed by atoms with van der Waals surface area (Å²) in [4.78, 5) is 34.7. The predicted octanol–water partition coefficient (Wildman–Crippen LogP) is -0.344. The van der Waals surface area contributed by atoms with E-state index in [-0.39, 0.29) is 53.8 Å². The summed E-state index contributed by atoms with van der Waals surface area (Å²) in [6.45, 7) is 2.20. The predicted molar refractivity (Wildman–Crippen MR) is 97.1 cm³/mol. The molecule has 7 heteroatoms. The van der Waals surface area contributed by atoms with Gasteiger partial charge in [-0.3, -0.25) is 10.1 Å². The average Bonchev–Trinajstić information content (AvgIpc) is 3.07. The Balaban J connectivity index is 0.00000364. The van der Waals surface area contributed by atoms with Crippen molar-refractivity contribution in [1.82, 2.24) is 10.6 Å². The normalized spacial score (nSPS) is 26.7. The summed E-state index contributed by atoms with van der Waals surface area (Å²) < 4.78 is 0. The molecular weight excluding hydrogens is 355 g/mol. The SMILES string of the molecule is CCCCCC[C@@H]1CC[C@@]2(NC(=O)NC2=O)[C@H]1CCCCCCC(=O)[O-].[Na+]. The molecule has 2 fully saturated rings. The van der Waals surface area contributed by atoms with Gasteiger partial charge in [-0.05, 0) is 43.9 Å². The number of unbranched alkanes of at least 4 members (excludes halogenated alkanes) is 6. The van der Waals surface area contributed by atoms with Crippen LogP contribution < -0.4 is 45.3 Å². The molecule has 0 aromatic heterocycles. The third-order valence-electron chi connectivity index (χ3n) is 6.15. The van der Waals surface area contributed by atoms with Crippen molar-refractivity contribution >= 4 is 17.9 Å². The first-order chi connectivity index (χ1) is 12.5. The molecule has 0 bridgehead atoms. The van der Waals surface area contributed by atoms with Crippen LogP contribution in [0.2, 0.25) is 0 Å². The van der Waals surface area contributed by atoms with Gasteiger partial charge in [0.05, 0.1) is 0 Å². The van der Waals surface area contributed by atoms with E-state index in [2.05, 4.69) is 17.6 Å². The average molecular weight is 388 g/mol. The number of aliphatic carboxylic acids is 1. The second kappa shape index (κ2) is 12.1. The molecular formula is C20H33N2NaO4. The van der Waals surface area contributed by atoms with Gasteiger partial charge in [0.15, 0.2) is 0 Å². The van der Waals surface area contributed by atoms with Gasteiger partial charge in [-0.25, -0.2) is 4.79 Å². The van der Waals surface area contributed by atoms with Crippen molar-refractivity contribution in [2.45, 2.75) is 95.9 Å². The first-order valence-electron chi connectivity index (χ1n) is 10.3. The van der Waals surface area contributed by atoms with Crippen molar-refractivity contribution < 1.29 is 49.0 Å². The van der Waals surface area contributed by atoms with Crippen LogP contribution in [0.25, 0.3) is 0 Å². The molecule has 0 radical (unpaired) electrons. The smallest absolute Gasteiger partial charge is 0.550 e. The van der Waals surface area contributed by atoms with Crippen LogP contribution in [0.3, 0.4) is 0 Å². The van der Waals surface area contributed by atoms with Crippen LogP contribution >= 0.6 is 0 Å². The Kier molecular flexibility index (Phi) is 10.9. The molecule has 1 heterocycles. The topological polar surface area (TPSA) is 98.3 Å². The first-order valence-corrected chi connectivity index (χ1v) is 10.3. The quantitative estimate of drug-likeness (QED) is 0.271. The molecule has 2 N–H and O–H groups in total. The molecule has 1 aliphatic heterocycles. The fourth-order valence-corrected chi connectivity index (χ4v) is 4.79. The second-order valence-electron chi connectivity index (χ2n) is 7.96. The van der Waals surface area contributed by atoms with E-state index in [4.69, 9.17) is 0 Å². The van der Waals surface area contributed by atoms with E-state index in [0.717, 1.165) is 44.9 Å². The summed E-state index contributed by atoms with van der Waals surface area (Å²) in [5, 5.41) is 15.9. The maximum atomic E-state index is 12.5. The number of carbonyl (C=O) groups is 3. The number of carboxylic acid groups (broad SMARTS) is 1. The number of hydrogen-bond acceptors (Lipinski definition) is 4. The molecule has 1 spiro atoms. The Labute approximate surface area is 184 Å². The van der Waals surface area contributed by atoms with E-state index in [1.54, 1.807) is 0 Å². The van der Waals surface area contributed by atoms with Gasteiger partial charge in [0, 0.05) is 5.97 Å². The van der Waals surface area contributed by atoms with Gasteiger partial charge in [-0.1, -0.05) is 58.3 Å². The number of carbonyl (C=O) groups excluding carboxylic acids is 3. The molecule has 1 saturated carbocycles. The molecule has 3 atom stereocenters. The van der Waals surface area contributed by atoms with E-state index in [1.807, 2.05) is 0 Å². The van der Waals surface area contributed by atoms with Crippen molar-refractivity contribution in [2.24, 2.45) is 11.8 Å². The summed E-state index contributed by atoms with van der Waals surface area (Å²) >= 11 is 0. The summed E-state index contributed by atoms with van der Waals surface area (Å²) in [5.41, 5.74) is -0.711. The maximum absolute atomic E-state index is 12.5. The summed E-state index contributed by atoms with van der Waals surface area (Å²) in [5.74, 6) is -0.464. The monoisotopic (exact) mass is 388 g/mol. The van der Waals surface area contributed by atoms with Gasteiger partial charge < -0.3 is 15.2 Å². The Morgan fingerprint density at radius 3 is 2.37 bits per heavy atom. The summed E-state index contributed by atoms with van der Waals surface area (Å²) in [6.07, 6.45) is 12.2. The molecule has 2 aliphatic rings. The van der Waals surface area contributed by atoms with Gasteiger partial charge >= 0.3 is 35.6 Å². The largest absolute Gasteiger partial charge is 1.00 e. The van der Waals surface area contributed by atoms with E-state index in [9.17, 15) is 19.5 Å². The van der Waals surface area contributed by atoms with Crippen LogP contribution in [0, 0.1) is 11.8 Å². The van der Waals surface area contributed by atoms with Gasteiger partial charge in [0.2, 0.25) is 0 Å². The Hall–Kier alpha value is -0.590. The minimum atomic E-state index is -0.989. The number of hydrogen-bond donors (Lipinski definition) is 2. The molecule has 148 valence electrons. The van der Waals surface area contributed by atoms with E-state index < -0.39 is 11.5 Å². The Morgan fingerprint density at radius 2 is 1.74 bits per heavy atom. The van der Waals surface area contributed by atoms with Gasteiger partial charge in [-0.2, -0.15) is 0 Å². The van der Waals surface area contributed by atoms with Crippen LogP contribution in [-0.4, -0.2) is 23.4 Å². The fraction of sp³-hybridized carbons (Fsp3) is 0.850. The molecule has 2 rings (SSSR count). The summed E-state index contributed by atoms with van der Waals surface area (Å²) in [6, 6.07) is -0.361. The number of carboxylic acids is 1. The Morgan fingerprint density at radius 1 is 1.07 bits per heavy atom. The summed E-state index contributed by atoms with van der Waals surface area (Å²) in [7, 11) is 0. The second-order valence-corrected chi connectivity index (χ2v) is 7.96. The van der Waals surface area contributed by atoms with Crippen molar-refractivity contribution in [3.05, 3.63) is 0 Å². The first kappa shape index (κ1) is 24.4. The molecule has 1 saturated heterocycles. The molecule has 1 aliphatic carbocycles. The number of amides is 3. The third kappa shape index (κ3) is 6.75.